The van der Waals surface area contributed by atoms with Gasteiger partial charge in [-0.25, -0.2) is 4.79 Å². The Morgan fingerprint density at radius 1 is 1.03 bits per heavy atom. The Hall–Kier alpha value is -1.17. The van der Waals surface area contributed by atoms with E-state index in [1.165, 1.54) is 6.07 Å². The monoisotopic (exact) mass is 400 g/mol. The molecular weight excluding hydrogens is 368 g/mol. The average Bonchev–Trinajstić information content (AvgIpc) is 3.34. The highest BCUT2D eigenvalue weighted by atomic mass is 16.6. The molecule has 1 saturated heterocycles. The zero-order valence-electron chi connectivity index (χ0n) is 17.4. The summed E-state index contributed by atoms with van der Waals surface area (Å²) >= 11 is 0. The third-order valence-electron chi connectivity index (χ3n) is 10.3. The second-order valence-electron chi connectivity index (χ2n) is 11.1. The molecule has 1 aromatic heterocycles. The summed E-state index contributed by atoms with van der Waals surface area (Å²) in [6, 6.07) is 3.48. The third-order valence-corrected chi connectivity index (χ3v) is 10.3. The van der Waals surface area contributed by atoms with E-state index in [-0.39, 0.29) is 34.3 Å². The van der Waals surface area contributed by atoms with Gasteiger partial charge < -0.3 is 19.4 Å². The van der Waals surface area contributed by atoms with Crippen LogP contribution in [0.25, 0.3) is 0 Å². The number of aliphatic hydroxyl groups excluding tert-OH is 1. The summed E-state index contributed by atoms with van der Waals surface area (Å²) in [6.07, 6.45) is 8.69. The molecule has 4 saturated carbocycles. The second kappa shape index (κ2) is 5.54. The van der Waals surface area contributed by atoms with Gasteiger partial charge in [-0.15, -0.1) is 0 Å². The minimum absolute atomic E-state index is 0.0404. The van der Waals surface area contributed by atoms with E-state index in [1.807, 2.05) is 6.07 Å². The van der Waals surface area contributed by atoms with E-state index >= 15 is 0 Å². The van der Waals surface area contributed by atoms with Gasteiger partial charge in [0.15, 0.2) is 0 Å². The summed E-state index contributed by atoms with van der Waals surface area (Å²) in [6.45, 7) is 4.67. The molecule has 5 fully saturated rings. The van der Waals surface area contributed by atoms with Crippen LogP contribution in [0.3, 0.4) is 0 Å². The van der Waals surface area contributed by atoms with Crippen LogP contribution >= 0.6 is 0 Å². The molecule has 0 unspecified atom stereocenters. The Morgan fingerprint density at radius 2 is 1.79 bits per heavy atom. The maximum absolute atomic E-state index is 11.6. The van der Waals surface area contributed by atoms with E-state index in [4.69, 9.17) is 9.15 Å². The molecule has 2 N–H and O–H groups in total. The zero-order valence-corrected chi connectivity index (χ0v) is 17.4. The first-order valence-corrected chi connectivity index (χ1v) is 11.4. The van der Waals surface area contributed by atoms with Gasteiger partial charge in [0.2, 0.25) is 0 Å². The maximum Gasteiger partial charge on any atom is 0.335 e. The van der Waals surface area contributed by atoms with E-state index in [1.54, 1.807) is 6.26 Å². The molecule has 5 aliphatic rings. The third kappa shape index (κ3) is 2.10. The number of epoxide rings is 1. The normalized spacial score (nSPS) is 55.4. The molecule has 5 nitrogen and oxygen atoms in total. The van der Waals surface area contributed by atoms with Crippen LogP contribution in [0, 0.1) is 22.7 Å². The minimum Gasteiger partial charge on any atom is -0.431 e. The second-order valence-corrected chi connectivity index (χ2v) is 11.1. The Kier molecular flexibility index (Phi) is 3.55. The predicted molar refractivity (Wildman–Crippen MR) is 106 cm³/mol. The lowest BCUT2D eigenvalue weighted by Gasteiger charge is -2.64. The van der Waals surface area contributed by atoms with E-state index < -0.39 is 5.60 Å². The van der Waals surface area contributed by atoms with Crippen LogP contribution < -0.4 is 5.63 Å². The van der Waals surface area contributed by atoms with Gasteiger partial charge in [-0.2, -0.15) is 0 Å². The Labute approximate surface area is 171 Å². The molecule has 29 heavy (non-hydrogen) atoms. The number of ether oxygens (including phenoxy) is 1. The molecule has 0 amide bonds. The lowest BCUT2D eigenvalue weighted by Crippen LogP contribution is -2.65. The van der Waals surface area contributed by atoms with Crippen molar-refractivity contribution in [2.75, 3.05) is 0 Å². The van der Waals surface area contributed by atoms with Crippen LogP contribution in [0.4, 0.5) is 0 Å². The fourth-order valence-electron chi connectivity index (χ4n) is 8.73. The van der Waals surface area contributed by atoms with Gasteiger partial charge in [-0.1, -0.05) is 13.8 Å². The fraction of sp³-hybridized carbons (Fsp3) is 0.792. The molecule has 4 aliphatic carbocycles. The lowest BCUT2D eigenvalue weighted by atomic mass is 9.42. The van der Waals surface area contributed by atoms with Crippen molar-refractivity contribution in [2.24, 2.45) is 22.7 Å². The van der Waals surface area contributed by atoms with E-state index in [0.29, 0.717) is 24.2 Å². The van der Waals surface area contributed by atoms with Crippen LogP contribution in [0.15, 0.2) is 27.6 Å². The van der Waals surface area contributed by atoms with Crippen molar-refractivity contribution in [3.05, 3.63) is 34.4 Å². The van der Waals surface area contributed by atoms with E-state index in [9.17, 15) is 15.0 Å². The highest BCUT2D eigenvalue weighted by molar-refractivity contribution is 5.35. The van der Waals surface area contributed by atoms with Crippen LogP contribution in [0.5, 0.6) is 0 Å². The van der Waals surface area contributed by atoms with Crippen LogP contribution in [-0.2, 0) is 4.74 Å². The summed E-state index contributed by atoms with van der Waals surface area (Å²) in [5, 5.41) is 21.8. The lowest BCUT2D eigenvalue weighted by molar-refractivity contribution is -0.223. The number of hydrogen-bond acceptors (Lipinski definition) is 5. The van der Waals surface area contributed by atoms with Gasteiger partial charge in [0, 0.05) is 17.9 Å². The van der Waals surface area contributed by atoms with Crippen molar-refractivity contribution in [3.63, 3.8) is 0 Å². The molecule has 0 aromatic carbocycles. The van der Waals surface area contributed by atoms with Gasteiger partial charge in [0.1, 0.15) is 5.60 Å². The van der Waals surface area contributed by atoms with Gasteiger partial charge in [0.05, 0.1) is 24.1 Å². The van der Waals surface area contributed by atoms with Gasteiger partial charge in [0.25, 0.3) is 0 Å². The number of rotatable bonds is 1. The van der Waals surface area contributed by atoms with Crippen molar-refractivity contribution < 1.29 is 19.4 Å². The molecule has 1 spiro atoms. The fourth-order valence-corrected chi connectivity index (χ4v) is 8.73. The molecule has 2 heterocycles. The molecule has 158 valence electrons. The first-order chi connectivity index (χ1) is 13.7. The molecule has 9 atom stereocenters. The van der Waals surface area contributed by atoms with E-state index in [0.717, 1.165) is 50.5 Å². The van der Waals surface area contributed by atoms with Crippen molar-refractivity contribution in [2.45, 2.75) is 94.5 Å². The molecule has 1 aliphatic heterocycles. The predicted octanol–water partition coefficient (Wildman–Crippen LogP) is 3.37. The zero-order chi connectivity index (χ0) is 20.2. The smallest absolute Gasteiger partial charge is 0.335 e. The first kappa shape index (κ1) is 18.6. The molecule has 5 heteroatoms. The van der Waals surface area contributed by atoms with Gasteiger partial charge >= 0.3 is 5.63 Å². The molecule has 0 bridgehead atoms. The topological polar surface area (TPSA) is 83.2 Å². The van der Waals surface area contributed by atoms with Crippen molar-refractivity contribution in [3.8, 4) is 0 Å². The first-order valence-electron chi connectivity index (χ1n) is 11.4. The van der Waals surface area contributed by atoms with Crippen LogP contribution in [0.1, 0.15) is 76.7 Å². The van der Waals surface area contributed by atoms with Crippen LogP contribution in [0.2, 0.25) is 0 Å². The Morgan fingerprint density at radius 3 is 2.55 bits per heavy atom. The minimum atomic E-state index is -0.749. The maximum atomic E-state index is 11.6. The quantitative estimate of drug-likeness (QED) is 0.706. The SMILES string of the molecule is C[C@]12CC[C@H](O)C[C@@]1(O)CC[C@@H]1[C@H]2CC[C@]2(C)[C@@H](c3ccc(=O)oc3)C[C@H]3O[C@]132. The molecule has 1 aromatic rings. The Bertz CT molecular complexity index is 890. The Balaban J connectivity index is 1.37. The van der Waals surface area contributed by atoms with Gasteiger partial charge in [-0.05, 0) is 79.7 Å². The highest BCUT2D eigenvalue weighted by Gasteiger charge is 2.81. The van der Waals surface area contributed by atoms with Crippen LogP contribution in [-0.4, -0.2) is 33.6 Å². The molecule has 6 rings (SSSR count). The standard InChI is InChI=1S/C24H32O5/c1-21-8-5-15(25)12-23(21,27)10-7-17-16(21)6-9-22(2)18(11-19-24(17,22)29-19)14-3-4-20(26)28-13-14/h3-4,13,15-19,25,27H,5-12H2,1-2H3/t15-,16+,17+,18+,19+,21+,22+,23-,24+/m0/s1. The number of fused-ring (bicyclic) bond motifs is 3. The molecule has 0 radical (unpaired) electrons. The summed E-state index contributed by atoms with van der Waals surface area (Å²) < 4.78 is 11.8. The van der Waals surface area contributed by atoms with Crippen molar-refractivity contribution in [1.82, 2.24) is 0 Å². The average molecular weight is 401 g/mol. The molecular formula is C24H32O5. The summed E-state index contributed by atoms with van der Waals surface area (Å²) in [7, 11) is 0. The summed E-state index contributed by atoms with van der Waals surface area (Å²) in [4.78, 5) is 11.4. The summed E-state index contributed by atoms with van der Waals surface area (Å²) in [5.41, 5.74) is -0.118. The largest absolute Gasteiger partial charge is 0.431 e. The number of hydrogen-bond donors (Lipinski definition) is 2. The van der Waals surface area contributed by atoms with Gasteiger partial charge in [-0.3, -0.25) is 0 Å². The number of aliphatic hydroxyl groups is 2. The van der Waals surface area contributed by atoms with Crippen molar-refractivity contribution >= 4 is 0 Å². The van der Waals surface area contributed by atoms with Crippen molar-refractivity contribution in [1.29, 1.82) is 0 Å². The summed E-state index contributed by atoms with van der Waals surface area (Å²) in [5.74, 6) is 1.26. The van der Waals surface area contributed by atoms with E-state index in [2.05, 4.69) is 13.8 Å². The highest BCUT2D eigenvalue weighted by Crippen LogP contribution is 2.78.